The van der Waals surface area contributed by atoms with Gasteiger partial charge in [0.2, 0.25) is 0 Å². The van der Waals surface area contributed by atoms with Gasteiger partial charge in [-0.15, -0.1) is 0 Å². The van der Waals surface area contributed by atoms with E-state index in [4.69, 9.17) is 4.42 Å². The predicted molar refractivity (Wildman–Crippen MR) is 75.7 cm³/mol. The molecule has 0 saturated heterocycles. The molecule has 1 N–H and O–H groups in total. The summed E-state index contributed by atoms with van der Waals surface area (Å²) in [6.45, 7) is 2.26. The Bertz CT molecular complexity index is 567. The van der Waals surface area contributed by atoms with Crippen LogP contribution >= 0.6 is 31.9 Å². The third kappa shape index (κ3) is 3.64. The molecule has 0 radical (unpaired) electrons. The summed E-state index contributed by atoms with van der Waals surface area (Å²) in [6.07, 6.45) is 0. The van der Waals surface area contributed by atoms with Crippen LogP contribution in [0.25, 0.3) is 0 Å². The summed E-state index contributed by atoms with van der Waals surface area (Å²) in [4.78, 5) is 0. The van der Waals surface area contributed by atoms with E-state index in [0.29, 0.717) is 22.5 Å². The lowest BCUT2D eigenvalue weighted by molar-refractivity contribution is 0.439. The summed E-state index contributed by atoms with van der Waals surface area (Å²) in [5.74, 6) is -0.415. The largest absolute Gasteiger partial charge is 0.452 e. The molecule has 0 bridgehead atoms. The van der Waals surface area contributed by atoms with E-state index >= 15 is 0 Å². The van der Waals surface area contributed by atoms with E-state index in [-0.39, 0.29) is 6.04 Å². The average molecular weight is 395 g/mol. The zero-order valence-corrected chi connectivity index (χ0v) is 13.2. The first-order valence-electron chi connectivity index (χ1n) is 5.59. The van der Waals surface area contributed by atoms with Gasteiger partial charge < -0.3 is 9.73 Å². The van der Waals surface area contributed by atoms with Crippen LogP contribution in [0.15, 0.2) is 37.8 Å². The number of halogens is 4. The molecule has 0 saturated carbocycles. The molecule has 0 aliphatic heterocycles. The molecular weight excluding hydrogens is 384 g/mol. The summed E-state index contributed by atoms with van der Waals surface area (Å²) in [7, 11) is 0. The molecule has 1 aromatic carbocycles. The fourth-order valence-corrected chi connectivity index (χ4v) is 2.35. The lowest BCUT2D eigenvalue weighted by Crippen LogP contribution is -2.18. The van der Waals surface area contributed by atoms with Gasteiger partial charge in [0.25, 0.3) is 0 Å². The van der Waals surface area contributed by atoms with E-state index in [0.717, 1.165) is 10.5 Å². The maximum atomic E-state index is 13.6. The SMILES string of the molecule is CC(NCc1cc(Br)c(Br)o1)c1ccc(F)cc1F. The number of nitrogens with one attached hydrogen (secondary N) is 1. The van der Waals surface area contributed by atoms with Gasteiger partial charge in [0.15, 0.2) is 4.67 Å². The Kier molecular flexibility index (Phi) is 4.76. The van der Waals surface area contributed by atoms with Gasteiger partial charge in [-0.05, 0) is 50.9 Å². The molecule has 1 atom stereocenters. The van der Waals surface area contributed by atoms with Crippen LogP contribution in [-0.4, -0.2) is 0 Å². The Morgan fingerprint density at radius 1 is 1.26 bits per heavy atom. The van der Waals surface area contributed by atoms with Crippen molar-refractivity contribution >= 4 is 31.9 Å². The highest BCUT2D eigenvalue weighted by Gasteiger charge is 2.13. The van der Waals surface area contributed by atoms with Crippen molar-refractivity contribution in [3.8, 4) is 0 Å². The second-order valence-corrected chi connectivity index (χ2v) is 5.68. The summed E-state index contributed by atoms with van der Waals surface area (Å²) >= 11 is 6.56. The maximum Gasteiger partial charge on any atom is 0.183 e. The third-order valence-electron chi connectivity index (χ3n) is 2.71. The smallest absolute Gasteiger partial charge is 0.183 e. The van der Waals surface area contributed by atoms with Gasteiger partial charge >= 0.3 is 0 Å². The minimum Gasteiger partial charge on any atom is -0.452 e. The highest BCUT2D eigenvalue weighted by molar-refractivity contribution is 9.13. The van der Waals surface area contributed by atoms with Gasteiger partial charge in [-0.3, -0.25) is 0 Å². The van der Waals surface area contributed by atoms with Gasteiger partial charge in [-0.25, -0.2) is 8.78 Å². The number of hydrogen-bond acceptors (Lipinski definition) is 2. The zero-order chi connectivity index (χ0) is 14.0. The number of rotatable bonds is 4. The quantitative estimate of drug-likeness (QED) is 0.794. The summed E-state index contributed by atoms with van der Waals surface area (Å²) in [5.41, 5.74) is 0.422. The summed E-state index contributed by atoms with van der Waals surface area (Å²) < 4.78 is 33.2. The summed E-state index contributed by atoms with van der Waals surface area (Å²) in [6, 6.07) is 5.15. The Hall–Kier alpha value is -0.720. The highest BCUT2D eigenvalue weighted by Crippen LogP contribution is 2.27. The van der Waals surface area contributed by atoms with Crippen molar-refractivity contribution < 1.29 is 13.2 Å². The van der Waals surface area contributed by atoms with Crippen molar-refractivity contribution in [2.45, 2.75) is 19.5 Å². The Labute approximate surface area is 126 Å². The van der Waals surface area contributed by atoms with Crippen molar-refractivity contribution in [2.24, 2.45) is 0 Å². The van der Waals surface area contributed by atoms with E-state index in [1.165, 1.54) is 12.1 Å². The second-order valence-electron chi connectivity index (χ2n) is 4.10. The predicted octanol–water partition coefficient (Wildman–Crippen LogP) is 4.93. The highest BCUT2D eigenvalue weighted by atomic mass is 79.9. The van der Waals surface area contributed by atoms with Crippen LogP contribution in [0.4, 0.5) is 8.78 Å². The molecule has 1 aromatic heterocycles. The van der Waals surface area contributed by atoms with Crippen molar-refractivity contribution in [2.75, 3.05) is 0 Å². The Morgan fingerprint density at radius 2 is 2.00 bits per heavy atom. The topological polar surface area (TPSA) is 25.2 Å². The van der Waals surface area contributed by atoms with Gasteiger partial charge in [0, 0.05) is 17.7 Å². The van der Waals surface area contributed by atoms with Crippen molar-refractivity contribution in [3.05, 3.63) is 56.4 Å². The van der Waals surface area contributed by atoms with E-state index in [1.807, 2.05) is 13.0 Å². The molecular formula is C13H11Br2F2NO. The molecule has 0 aliphatic rings. The molecule has 2 rings (SSSR count). The van der Waals surface area contributed by atoms with Crippen LogP contribution in [0, 0.1) is 11.6 Å². The Morgan fingerprint density at radius 3 is 2.58 bits per heavy atom. The van der Waals surface area contributed by atoms with Gasteiger partial charge in [0.05, 0.1) is 11.0 Å². The monoisotopic (exact) mass is 393 g/mol. The number of furan rings is 1. The first-order valence-corrected chi connectivity index (χ1v) is 7.18. The lowest BCUT2D eigenvalue weighted by atomic mass is 10.1. The van der Waals surface area contributed by atoms with E-state index in [1.54, 1.807) is 0 Å². The third-order valence-corrected chi connectivity index (χ3v) is 4.42. The number of benzene rings is 1. The molecule has 102 valence electrons. The standard InChI is InChI=1S/C13H11Br2F2NO/c1-7(10-3-2-8(16)4-12(10)17)18-6-9-5-11(14)13(15)19-9/h2-5,7,18H,6H2,1H3. The van der Waals surface area contributed by atoms with Gasteiger partial charge in [0.1, 0.15) is 17.4 Å². The van der Waals surface area contributed by atoms with E-state index in [2.05, 4.69) is 37.2 Å². The molecule has 0 aliphatic carbocycles. The van der Waals surface area contributed by atoms with Crippen LogP contribution in [0.3, 0.4) is 0 Å². The van der Waals surface area contributed by atoms with Crippen LogP contribution in [0.5, 0.6) is 0 Å². The zero-order valence-electron chi connectivity index (χ0n) is 10.0. The fraction of sp³-hybridized carbons (Fsp3) is 0.231. The molecule has 6 heteroatoms. The molecule has 0 spiro atoms. The summed E-state index contributed by atoms with van der Waals surface area (Å²) in [5, 5.41) is 3.12. The first kappa shape index (κ1) is 14.7. The fourth-order valence-electron chi connectivity index (χ4n) is 1.69. The van der Waals surface area contributed by atoms with Crippen LogP contribution in [0.1, 0.15) is 24.3 Å². The van der Waals surface area contributed by atoms with Crippen molar-refractivity contribution in [1.29, 1.82) is 0 Å². The second kappa shape index (κ2) is 6.15. The van der Waals surface area contributed by atoms with Crippen LogP contribution in [-0.2, 0) is 6.54 Å². The molecule has 2 aromatic rings. The normalized spacial score (nSPS) is 12.7. The molecule has 0 fully saturated rings. The lowest BCUT2D eigenvalue weighted by Gasteiger charge is -2.14. The average Bonchev–Trinajstić information content (AvgIpc) is 2.66. The first-order chi connectivity index (χ1) is 8.97. The van der Waals surface area contributed by atoms with Gasteiger partial charge in [-0.1, -0.05) is 6.07 Å². The van der Waals surface area contributed by atoms with E-state index in [9.17, 15) is 8.78 Å². The molecule has 2 nitrogen and oxygen atoms in total. The van der Waals surface area contributed by atoms with Crippen molar-refractivity contribution in [1.82, 2.24) is 5.32 Å². The minimum absolute atomic E-state index is 0.247. The molecule has 1 unspecified atom stereocenters. The Balaban J connectivity index is 2.03. The molecule has 1 heterocycles. The van der Waals surface area contributed by atoms with Crippen molar-refractivity contribution in [3.63, 3.8) is 0 Å². The van der Waals surface area contributed by atoms with Gasteiger partial charge in [-0.2, -0.15) is 0 Å². The van der Waals surface area contributed by atoms with E-state index < -0.39 is 11.6 Å². The molecule has 19 heavy (non-hydrogen) atoms. The minimum atomic E-state index is -0.577. The number of hydrogen-bond donors (Lipinski definition) is 1. The molecule has 0 amide bonds. The maximum absolute atomic E-state index is 13.6. The van der Waals surface area contributed by atoms with Crippen LogP contribution < -0.4 is 5.32 Å². The van der Waals surface area contributed by atoms with Crippen LogP contribution in [0.2, 0.25) is 0 Å².